The number of hydrogen-bond acceptors (Lipinski definition) is 2. The number of halogens is 1. The van der Waals surface area contributed by atoms with Crippen molar-refractivity contribution in [2.75, 3.05) is 7.11 Å². The monoisotopic (exact) mass is 232 g/mol. The van der Waals surface area contributed by atoms with Gasteiger partial charge in [0, 0.05) is 18.2 Å². The molecular weight excluding hydrogens is 219 g/mol. The van der Waals surface area contributed by atoms with E-state index in [4.69, 9.17) is 4.74 Å². The Morgan fingerprint density at radius 1 is 1.00 bits per heavy atom. The van der Waals surface area contributed by atoms with Crippen LogP contribution in [0.1, 0.15) is 11.1 Å². The molecule has 0 amide bonds. The fourth-order valence-electron chi connectivity index (χ4n) is 1.77. The number of benzene rings is 2. The standard InChI is InChI=1S/C14H13FO2/c1-17-14(16,11-6-3-2-4-7-11)12-8-5-9-13(15)10-12/h2-10,16H,1H3. The van der Waals surface area contributed by atoms with Crippen LogP contribution in [0.2, 0.25) is 0 Å². The Hall–Kier alpha value is -1.71. The highest BCUT2D eigenvalue weighted by atomic mass is 19.1. The fourth-order valence-corrected chi connectivity index (χ4v) is 1.77. The number of ether oxygens (including phenoxy) is 1. The first-order chi connectivity index (χ1) is 8.16. The summed E-state index contributed by atoms with van der Waals surface area (Å²) in [7, 11) is 1.39. The molecule has 0 radical (unpaired) electrons. The van der Waals surface area contributed by atoms with Gasteiger partial charge in [0.2, 0.25) is 5.79 Å². The summed E-state index contributed by atoms with van der Waals surface area (Å²) < 4.78 is 18.3. The van der Waals surface area contributed by atoms with E-state index in [-0.39, 0.29) is 0 Å². The van der Waals surface area contributed by atoms with Gasteiger partial charge in [0.1, 0.15) is 5.82 Å². The highest BCUT2D eigenvalue weighted by Gasteiger charge is 2.31. The molecule has 2 aromatic carbocycles. The highest BCUT2D eigenvalue weighted by Crippen LogP contribution is 2.30. The summed E-state index contributed by atoms with van der Waals surface area (Å²) in [5.74, 6) is -2.03. The third-order valence-corrected chi connectivity index (χ3v) is 2.68. The van der Waals surface area contributed by atoms with E-state index in [2.05, 4.69) is 0 Å². The van der Waals surface area contributed by atoms with E-state index in [9.17, 15) is 9.50 Å². The second-order valence-electron chi connectivity index (χ2n) is 3.72. The summed E-state index contributed by atoms with van der Waals surface area (Å²) in [5, 5.41) is 10.5. The quantitative estimate of drug-likeness (QED) is 0.824. The van der Waals surface area contributed by atoms with Crippen LogP contribution in [0.3, 0.4) is 0 Å². The van der Waals surface area contributed by atoms with Crippen LogP contribution in [0.5, 0.6) is 0 Å². The van der Waals surface area contributed by atoms with Gasteiger partial charge in [-0.2, -0.15) is 0 Å². The van der Waals surface area contributed by atoms with Crippen LogP contribution in [-0.2, 0) is 10.5 Å². The van der Waals surface area contributed by atoms with Crippen molar-refractivity contribution >= 4 is 0 Å². The Labute approximate surface area is 99.3 Å². The van der Waals surface area contributed by atoms with Crippen molar-refractivity contribution in [3.8, 4) is 0 Å². The SMILES string of the molecule is COC(O)(c1ccccc1)c1cccc(F)c1. The lowest BCUT2D eigenvalue weighted by Gasteiger charge is -2.27. The average Bonchev–Trinajstić information content (AvgIpc) is 2.39. The maximum atomic E-state index is 13.2. The number of hydrogen-bond donors (Lipinski definition) is 1. The maximum Gasteiger partial charge on any atom is 0.219 e. The average molecular weight is 232 g/mol. The van der Waals surface area contributed by atoms with E-state index in [1.54, 1.807) is 30.3 Å². The molecule has 2 aromatic rings. The first-order valence-corrected chi connectivity index (χ1v) is 5.26. The number of rotatable bonds is 3. The van der Waals surface area contributed by atoms with Crippen LogP contribution in [0.4, 0.5) is 4.39 Å². The van der Waals surface area contributed by atoms with Crippen LogP contribution in [0.25, 0.3) is 0 Å². The lowest BCUT2D eigenvalue weighted by molar-refractivity contribution is -0.160. The molecule has 0 bridgehead atoms. The van der Waals surface area contributed by atoms with Gasteiger partial charge in [-0.25, -0.2) is 4.39 Å². The summed E-state index contributed by atoms with van der Waals surface area (Å²) in [6, 6.07) is 14.6. The molecule has 0 saturated heterocycles. The van der Waals surface area contributed by atoms with E-state index in [1.807, 2.05) is 6.07 Å². The molecule has 1 N–H and O–H groups in total. The summed E-state index contributed by atoms with van der Waals surface area (Å²) in [4.78, 5) is 0. The van der Waals surface area contributed by atoms with Gasteiger partial charge >= 0.3 is 0 Å². The lowest BCUT2D eigenvalue weighted by Crippen LogP contribution is -2.29. The molecule has 17 heavy (non-hydrogen) atoms. The zero-order chi connectivity index (χ0) is 12.3. The second-order valence-corrected chi connectivity index (χ2v) is 3.72. The Morgan fingerprint density at radius 2 is 1.65 bits per heavy atom. The minimum atomic E-state index is -1.62. The van der Waals surface area contributed by atoms with Gasteiger partial charge in [-0.3, -0.25) is 0 Å². The van der Waals surface area contributed by atoms with E-state index in [0.717, 1.165) is 0 Å². The molecule has 0 aliphatic rings. The van der Waals surface area contributed by atoms with Crippen molar-refractivity contribution in [3.63, 3.8) is 0 Å². The van der Waals surface area contributed by atoms with Crippen molar-refractivity contribution in [1.29, 1.82) is 0 Å². The number of aliphatic hydroxyl groups is 1. The molecule has 0 aliphatic heterocycles. The molecule has 0 fully saturated rings. The molecular formula is C14H13FO2. The predicted octanol–water partition coefficient (Wildman–Crippen LogP) is 2.67. The Bertz CT molecular complexity index is 499. The molecule has 0 saturated carbocycles. The van der Waals surface area contributed by atoms with E-state index in [1.165, 1.54) is 25.3 Å². The first-order valence-electron chi connectivity index (χ1n) is 5.26. The minimum Gasteiger partial charge on any atom is -0.358 e. The highest BCUT2D eigenvalue weighted by molar-refractivity contribution is 5.33. The largest absolute Gasteiger partial charge is 0.358 e. The summed E-state index contributed by atoms with van der Waals surface area (Å²) in [6.07, 6.45) is 0. The number of methoxy groups -OCH3 is 1. The van der Waals surface area contributed by atoms with Gasteiger partial charge < -0.3 is 9.84 Å². The first kappa shape index (κ1) is 11.8. The third-order valence-electron chi connectivity index (χ3n) is 2.68. The van der Waals surface area contributed by atoms with Crippen molar-refractivity contribution in [2.24, 2.45) is 0 Å². The van der Waals surface area contributed by atoms with Crippen molar-refractivity contribution in [1.82, 2.24) is 0 Å². The van der Waals surface area contributed by atoms with Gasteiger partial charge in [0.25, 0.3) is 0 Å². The van der Waals surface area contributed by atoms with E-state index in [0.29, 0.717) is 11.1 Å². The summed E-state index contributed by atoms with van der Waals surface area (Å²) in [5.41, 5.74) is 0.930. The predicted molar refractivity (Wildman–Crippen MR) is 62.8 cm³/mol. The molecule has 1 unspecified atom stereocenters. The van der Waals surface area contributed by atoms with Gasteiger partial charge in [-0.05, 0) is 12.1 Å². The Morgan fingerprint density at radius 3 is 2.24 bits per heavy atom. The van der Waals surface area contributed by atoms with E-state index >= 15 is 0 Å². The third kappa shape index (κ3) is 2.20. The molecule has 0 spiro atoms. The van der Waals surface area contributed by atoms with Gasteiger partial charge in [0.15, 0.2) is 0 Å². The zero-order valence-corrected chi connectivity index (χ0v) is 9.43. The second kappa shape index (κ2) is 4.65. The van der Waals surface area contributed by atoms with E-state index < -0.39 is 11.6 Å². The topological polar surface area (TPSA) is 29.5 Å². The molecule has 2 nitrogen and oxygen atoms in total. The lowest BCUT2D eigenvalue weighted by atomic mass is 9.97. The molecule has 0 aliphatic carbocycles. The van der Waals surface area contributed by atoms with Crippen LogP contribution in [-0.4, -0.2) is 12.2 Å². The zero-order valence-electron chi connectivity index (χ0n) is 9.43. The van der Waals surface area contributed by atoms with Crippen LogP contribution in [0, 0.1) is 5.82 Å². The Balaban J connectivity index is 2.52. The van der Waals surface area contributed by atoms with Crippen molar-refractivity contribution < 1.29 is 14.2 Å². The summed E-state index contributed by atoms with van der Waals surface area (Å²) in [6.45, 7) is 0. The van der Waals surface area contributed by atoms with Gasteiger partial charge in [-0.15, -0.1) is 0 Å². The van der Waals surface area contributed by atoms with Crippen LogP contribution in [0.15, 0.2) is 54.6 Å². The molecule has 2 rings (SSSR count). The molecule has 88 valence electrons. The normalized spacial score (nSPS) is 14.3. The maximum absolute atomic E-state index is 13.2. The molecule has 0 heterocycles. The smallest absolute Gasteiger partial charge is 0.219 e. The molecule has 1 atom stereocenters. The fraction of sp³-hybridized carbons (Fsp3) is 0.143. The van der Waals surface area contributed by atoms with Crippen LogP contribution >= 0.6 is 0 Å². The van der Waals surface area contributed by atoms with Gasteiger partial charge in [-0.1, -0.05) is 42.5 Å². The van der Waals surface area contributed by atoms with Gasteiger partial charge in [0.05, 0.1) is 0 Å². The minimum absolute atomic E-state index is 0.367. The Kier molecular flexibility index (Phi) is 3.22. The van der Waals surface area contributed by atoms with Crippen molar-refractivity contribution in [3.05, 3.63) is 71.5 Å². The molecule has 3 heteroatoms. The van der Waals surface area contributed by atoms with Crippen molar-refractivity contribution in [2.45, 2.75) is 5.79 Å². The summed E-state index contributed by atoms with van der Waals surface area (Å²) >= 11 is 0. The van der Waals surface area contributed by atoms with Crippen LogP contribution < -0.4 is 0 Å². The molecule has 0 aromatic heterocycles.